The van der Waals surface area contributed by atoms with E-state index in [4.69, 9.17) is 9.47 Å². The van der Waals surface area contributed by atoms with E-state index < -0.39 is 23.9 Å². The molecular weight excluding hydrogens is 981 g/mol. The van der Waals surface area contributed by atoms with E-state index in [1.54, 1.807) is 0 Å². The molecule has 0 aliphatic rings. The fourth-order valence-electron chi connectivity index (χ4n) is 11.0. The Hall–Kier alpha value is -2.38. The monoisotopic (exact) mass is 1120 g/mol. The normalized spacial score (nSPS) is 11.6. The molecule has 0 bridgehead atoms. The molecule has 0 aliphatic carbocycles. The fourth-order valence-corrected chi connectivity index (χ4v) is 11.0. The van der Waals surface area contributed by atoms with Gasteiger partial charge in [0.15, 0.2) is 0 Å². The van der Waals surface area contributed by atoms with Crippen LogP contribution in [0.1, 0.15) is 407 Å². The molecule has 0 aromatic rings. The van der Waals surface area contributed by atoms with E-state index in [0.717, 1.165) is 64.2 Å². The van der Waals surface area contributed by atoms with Crippen molar-refractivity contribution in [3.05, 3.63) is 11.1 Å². The van der Waals surface area contributed by atoms with Crippen LogP contribution in [0.25, 0.3) is 0 Å². The molecule has 0 atom stereocenters. The smallest absolute Gasteiger partial charge is 0.332 e. The van der Waals surface area contributed by atoms with Gasteiger partial charge in [-0.3, -0.25) is 9.59 Å². The third kappa shape index (κ3) is 64.7. The van der Waals surface area contributed by atoms with Gasteiger partial charge in [-0.1, -0.05) is 362 Å². The van der Waals surface area contributed by atoms with Crippen molar-refractivity contribution in [1.29, 1.82) is 0 Å². The molecule has 0 heterocycles. The first kappa shape index (κ1) is 78.7. The molecule has 0 fully saturated rings. The largest absolute Gasteiger partial charge is 0.478 e. The fraction of sp³-hybridized carbons (Fsp3) is 0.915. The quantitative estimate of drug-likeness (QED) is 0.0267. The number of carbonyl (C=O) groups is 4. The number of carboxylic acids is 2. The number of rotatable bonds is 64. The molecule has 468 valence electrons. The Morgan fingerprint density at radius 1 is 0.228 bits per heavy atom. The molecule has 0 amide bonds. The highest BCUT2D eigenvalue weighted by Crippen LogP contribution is 2.23. The number of unbranched alkanes of at least 4 members (excludes halogenated alkanes) is 52. The van der Waals surface area contributed by atoms with Crippen LogP contribution in [0.15, 0.2) is 11.1 Å². The third-order valence-corrected chi connectivity index (χ3v) is 16.3. The Balaban J connectivity index is 0. The van der Waals surface area contributed by atoms with Crippen molar-refractivity contribution in [3.8, 4) is 0 Å². The van der Waals surface area contributed by atoms with E-state index in [0.29, 0.717) is 26.1 Å². The van der Waals surface area contributed by atoms with Gasteiger partial charge in [-0.2, -0.15) is 0 Å². The van der Waals surface area contributed by atoms with Gasteiger partial charge in [0.25, 0.3) is 0 Å². The van der Waals surface area contributed by atoms with Crippen molar-refractivity contribution in [2.24, 2.45) is 0 Å². The summed E-state index contributed by atoms with van der Waals surface area (Å²) in [6.07, 6.45) is 72.2. The molecule has 0 saturated heterocycles. The van der Waals surface area contributed by atoms with Crippen molar-refractivity contribution >= 4 is 23.9 Å². The van der Waals surface area contributed by atoms with Crippen molar-refractivity contribution < 1.29 is 38.9 Å². The van der Waals surface area contributed by atoms with Gasteiger partial charge in [-0.05, 0) is 38.5 Å². The minimum Gasteiger partial charge on any atom is -0.478 e. The molecule has 0 radical (unpaired) electrons. The second-order valence-corrected chi connectivity index (χ2v) is 24.1. The number of carboxylic acid groups (broad SMARTS) is 2. The van der Waals surface area contributed by atoms with Crippen LogP contribution in [-0.2, 0) is 28.7 Å². The Morgan fingerprint density at radius 3 is 0.544 bits per heavy atom. The summed E-state index contributed by atoms with van der Waals surface area (Å²) in [4.78, 5) is 47.3. The zero-order chi connectivity index (χ0) is 58.0. The van der Waals surface area contributed by atoms with Crippen LogP contribution >= 0.6 is 0 Å². The first-order valence-electron chi connectivity index (χ1n) is 35.2. The van der Waals surface area contributed by atoms with Crippen LogP contribution in [0.5, 0.6) is 0 Å². The summed E-state index contributed by atoms with van der Waals surface area (Å²) < 4.78 is 10.4. The second kappa shape index (κ2) is 68.1. The lowest BCUT2D eigenvalue weighted by atomic mass is 9.96. The number of hydrogen-bond acceptors (Lipinski definition) is 6. The minimum atomic E-state index is -1.04. The van der Waals surface area contributed by atoms with Crippen molar-refractivity contribution in [1.82, 2.24) is 0 Å². The van der Waals surface area contributed by atoms with E-state index in [1.807, 2.05) is 0 Å². The SMILES string of the molecule is CCCCCCCCCCCCCCCC/C(C(=O)O)=C(\CCCCCCCCCCCCCCCC)C(=O)O.CCCCCCCCCCCCCCCCOC(=O)CC(=O)OCCCCCCCCCCCCCCCC. The predicted octanol–water partition coefficient (Wildman–Crippen LogP) is 23.6. The van der Waals surface area contributed by atoms with E-state index in [1.165, 1.54) is 295 Å². The maximum Gasteiger partial charge on any atom is 0.332 e. The summed E-state index contributed by atoms with van der Waals surface area (Å²) in [5.41, 5.74) is 0.280. The molecule has 79 heavy (non-hydrogen) atoms. The van der Waals surface area contributed by atoms with Crippen LogP contribution < -0.4 is 0 Å². The summed E-state index contributed by atoms with van der Waals surface area (Å²) >= 11 is 0. The van der Waals surface area contributed by atoms with Crippen LogP contribution in [0, 0.1) is 0 Å². The van der Waals surface area contributed by atoms with Crippen LogP contribution in [0.3, 0.4) is 0 Å². The molecule has 8 nitrogen and oxygen atoms in total. The van der Waals surface area contributed by atoms with Crippen LogP contribution in [-0.4, -0.2) is 47.3 Å². The number of ether oxygens (including phenoxy) is 2. The summed E-state index contributed by atoms with van der Waals surface area (Å²) in [6, 6.07) is 0. The number of hydrogen-bond donors (Lipinski definition) is 2. The topological polar surface area (TPSA) is 127 Å². The average Bonchev–Trinajstić information content (AvgIpc) is 3.43. The lowest BCUT2D eigenvalue weighted by Crippen LogP contribution is -2.15. The molecule has 8 heteroatoms. The van der Waals surface area contributed by atoms with Crippen molar-refractivity contribution in [2.45, 2.75) is 407 Å². The zero-order valence-electron chi connectivity index (χ0n) is 53.5. The predicted molar refractivity (Wildman–Crippen MR) is 339 cm³/mol. The first-order valence-corrected chi connectivity index (χ1v) is 35.2. The molecule has 0 aromatic carbocycles. The third-order valence-electron chi connectivity index (χ3n) is 16.3. The second-order valence-electron chi connectivity index (χ2n) is 24.1. The molecule has 0 aliphatic heterocycles. The number of aliphatic carboxylic acids is 2. The highest BCUT2D eigenvalue weighted by atomic mass is 16.6. The average molecular weight is 1120 g/mol. The van der Waals surface area contributed by atoms with Gasteiger partial charge in [-0.25, -0.2) is 9.59 Å². The van der Waals surface area contributed by atoms with Gasteiger partial charge in [0.1, 0.15) is 6.42 Å². The van der Waals surface area contributed by atoms with Crippen molar-refractivity contribution in [3.63, 3.8) is 0 Å². The molecule has 0 saturated carbocycles. The van der Waals surface area contributed by atoms with E-state index in [-0.39, 0.29) is 17.6 Å². The van der Waals surface area contributed by atoms with E-state index >= 15 is 0 Å². The maximum absolute atomic E-state index is 11.8. The van der Waals surface area contributed by atoms with Crippen LogP contribution in [0.2, 0.25) is 0 Å². The summed E-state index contributed by atoms with van der Waals surface area (Å²) in [5, 5.41) is 19.4. The van der Waals surface area contributed by atoms with Gasteiger partial charge in [0, 0.05) is 11.1 Å². The van der Waals surface area contributed by atoms with Gasteiger partial charge in [-0.15, -0.1) is 0 Å². The Morgan fingerprint density at radius 2 is 0.380 bits per heavy atom. The van der Waals surface area contributed by atoms with Gasteiger partial charge in [0.2, 0.25) is 0 Å². The summed E-state index contributed by atoms with van der Waals surface area (Å²) in [5.74, 6) is -2.98. The van der Waals surface area contributed by atoms with Gasteiger partial charge < -0.3 is 19.7 Å². The van der Waals surface area contributed by atoms with Gasteiger partial charge >= 0.3 is 23.9 Å². The Labute approximate surface area is 491 Å². The molecule has 0 unspecified atom stereocenters. The molecular formula is C71H136O8. The van der Waals surface area contributed by atoms with Crippen LogP contribution in [0.4, 0.5) is 0 Å². The first-order chi connectivity index (χ1) is 38.7. The lowest BCUT2D eigenvalue weighted by molar-refractivity contribution is -0.154. The highest BCUT2D eigenvalue weighted by Gasteiger charge is 2.19. The molecule has 0 rings (SSSR count). The molecule has 2 N–H and O–H groups in total. The Bertz CT molecular complexity index is 1210. The maximum atomic E-state index is 11.8. The zero-order valence-corrected chi connectivity index (χ0v) is 53.5. The molecule has 0 aromatic heterocycles. The number of carbonyl (C=O) groups excluding carboxylic acids is 2. The summed E-state index contributed by atoms with van der Waals surface area (Å²) in [7, 11) is 0. The highest BCUT2D eigenvalue weighted by molar-refractivity contribution is 5.98. The lowest BCUT2D eigenvalue weighted by Gasteiger charge is -2.10. The number of esters is 2. The Kier molecular flexibility index (Phi) is 67.9. The van der Waals surface area contributed by atoms with Gasteiger partial charge in [0.05, 0.1) is 13.2 Å². The summed E-state index contributed by atoms with van der Waals surface area (Å²) in [6.45, 7) is 9.90. The van der Waals surface area contributed by atoms with E-state index in [9.17, 15) is 29.4 Å². The van der Waals surface area contributed by atoms with E-state index in [2.05, 4.69) is 27.7 Å². The standard InChI is InChI=1S/C36H68O4.C35H68O4/c1-3-5-7-9-11-13-15-17-19-21-23-25-27-29-31-33(35(37)38)34(36(39)40)32-30-28-26-24-22-20-18-16-14-12-10-8-6-4-2;1-3-5-7-9-11-13-15-17-19-21-23-25-27-29-31-38-34(36)33-35(37)39-32-30-28-26-24-22-20-18-16-14-12-10-8-6-4-2/h3-32H2,1-2H3,(H,37,38)(H,39,40);3-33H2,1-2H3/b34-33-;. The molecule has 0 spiro atoms. The van der Waals surface area contributed by atoms with Crippen molar-refractivity contribution in [2.75, 3.05) is 13.2 Å². The minimum absolute atomic E-state index is 0.140.